The molecule has 0 saturated heterocycles. The number of fused-ring (bicyclic) bond motifs is 1. The number of hydrogen-bond acceptors (Lipinski definition) is 7. The molecule has 196 valence electrons. The maximum Gasteiger partial charge on any atom is 0.296 e. The highest BCUT2D eigenvalue weighted by Crippen LogP contribution is 2.40. The number of phenolic OH excluding ortho intramolecular Hbond substituents is 1. The molecule has 4 rings (SSSR count). The van der Waals surface area contributed by atoms with E-state index < -0.39 is 26.7 Å². The van der Waals surface area contributed by atoms with Crippen LogP contribution in [0.4, 0.5) is 17.1 Å². The van der Waals surface area contributed by atoms with Gasteiger partial charge < -0.3 is 15.2 Å². The zero-order valence-electron chi connectivity index (χ0n) is 20.1. The number of nitrogens with zero attached hydrogens (tertiary/aromatic N) is 2. The highest BCUT2D eigenvalue weighted by Gasteiger charge is 2.20. The van der Waals surface area contributed by atoms with Gasteiger partial charge in [-0.25, -0.2) is 0 Å². The number of rotatable bonds is 7. The van der Waals surface area contributed by atoms with Gasteiger partial charge in [-0.1, -0.05) is 47.5 Å². The van der Waals surface area contributed by atoms with Crippen molar-refractivity contribution in [2.24, 2.45) is 10.2 Å². The number of anilines is 1. The van der Waals surface area contributed by atoms with E-state index in [1.807, 2.05) is 6.92 Å². The minimum atomic E-state index is -4.61. The van der Waals surface area contributed by atoms with Crippen LogP contribution in [-0.4, -0.2) is 30.6 Å². The summed E-state index contributed by atoms with van der Waals surface area (Å²) in [5.74, 6) is -0.596. The molecule has 38 heavy (non-hydrogen) atoms. The van der Waals surface area contributed by atoms with Crippen LogP contribution in [0.15, 0.2) is 75.8 Å². The lowest BCUT2D eigenvalue weighted by Gasteiger charge is -2.12. The number of nitrogens with one attached hydrogen (secondary N) is 1. The smallest absolute Gasteiger partial charge is 0.296 e. The number of carbonyl (C=O) groups is 1. The molecule has 0 unspecified atom stereocenters. The van der Waals surface area contributed by atoms with E-state index >= 15 is 0 Å². The average molecular weight is 574 g/mol. The largest absolute Gasteiger partial charge is 0.505 e. The van der Waals surface area contributed by atoms with E-state index in [1.165, 1.54) is 18.2 Å². The predicted octanol–water partition coefficient (Wildman–Crippen LogP) is 7.47. The molecule has 0 aliphatic carbocycles. The first-order valence-corrected chi connectivity index (χ1v) is 13.4. The van der Waals surface area contributed by atoms with Crippen LogP contribution in [0.2, 0.25) is 10.0 Å². The Morgan fingerprint density at radius 1 is 1.05 bits per heavy atom. The number of halogens is 2. The molecular weight excluding hydrogens is 553 g/mol. The van der Waals surface area contributed by atoms with Crippen LogP contribution in [0.1, 0.15) is 22.8 Å². The highest BCUT2D eigenvalue weighted by atomic mass is 35.5. The van der Waals surface area contributed by atoms with E-state index in [1.54, 1.807) is 43.3 Å². The second-order valence-electron chi connectivity index (χ2n) is 8.12. The molecule has 0 aliphatic heterocycles. The molecule has 1 amide bonds. The SMILES string of the molecule is CCOc1ccc(NC(=O)c2cc3ccccc3c(N=Nc3cc(C)c(Cl)c(S(=O)(=O)O)c3)c2O)cc1Cl. The number of carbonyl (C=O) groups excluding carboxylic acids is 1. The quantitative estimate of drug-likeness (QED) is 0.155. The summed E-state index contributed by atoms with van der Waals surface area (Å²) >= 11 is 12.2. The molecule has 0 spiro atoms. The third kappa shape index (κ3) is 5.73. The van der Waals surface area contributed by atoms with E-state index in [-0.39, 0.29) is 22.0 Å². The van der Waals surface area contributed by atoms with Gasteiger partial charge in [-0.15, -0.1) is 5.11 Å². The van der Waals surface area contributed by atoms with Crippen molar-refractivity contribution in [3.05, 3.63) is 81.8 Å². The fraction of sp³-hybridized carbons (Fsp3) is 0.115. The lowest BCUT2D eigenvalue weighted by molar-refractivity contribution is 0.102. The van der Waals surface area contributed by atoms with E-state index in [4.69, 9.17) is 27.9 Å². The molecule has 12 heteroatoms. The van der Waals surface area contributed by atoms with Gasteiger partial charge in [0.1, 0.15) is 16.3 Å². The second kappa shape index (κ2) is 11.0. The van der Waals surface area contributed by atoms with Crippen molar-refractivity contribution in [1.29, 1.82) is 0 Å². The number of benzene rings is 4. The van der Waals surface area contributed by atoms with Crippen molar-refractivity contribution in [2.75, 3.05) is 11.9 Å². The molecule has 4 aromatic rings. The summed E-state index contributed by atoms with van der Waals surface area (Å²) in [7, 11) is -4.61. The van der Waals surface area contributed by atoms with E-state index in [0.29, 0.717) is 39.4 Å². The predicted molar refractivity (Wildman–Crippen MR) is 146 cm³/mol. The van der Waals surface area contributed by atoms with Gasteiger partial charge in [-0.2, -0.15) is 13.5 Å². The van der Waals surface area contributed by atoms with Crippen LogP contribution >= 0.6 is 23.2 Å². The Bertz CT molecular complexity index is 1710. The van der Waals surface area contributed by atoms with Crippen LogP contribution < -0.4 is 10.1 Å². The fourth-order valence-corrected chi connectivity index (χ4v) is 5.01. The van der Waals surface area contributed by atoms with E-state index in [2.05, 4.69) is 15.5 Å². The first-order valence-electron chi connectivity index (χ1n) is 11.2. The molecule has 0 aliphatic rings. The Morgan fingerprint density at radius 2 is 1.79 bits per heavy atom. The van der Waals surface area contributed by atoms with Gasteiger partial charge in [0.25, 0.3) is 16.0 Å². The zero-order chi connectivity index (χ0) is 27.6. The number of phenols is 1. The molecule has 0 saturated carbocycles. The van der Waals surface area contributed by atoms with Crippen molar-refractivity contribution in [2.45, 2.75) is 18.7 Å². The Balaban J connectivity index is 1.76. The standard InChI is InChI=1S/C26H21Cl2N3O6S/c1-3-37-21-9-8-16(12-20(21)27)29-26(33)19-11-15-6-4-5-7-18(15)24(25(19)32)31-30-17-10-14(2)23(28)22(13-17)38(34,35)36/h4-13,32H,3H2,1-2H3,(H,29,33)(H,34,35,36). The number of amides is 1. The number of aromatic hydroxyl groups is 1. The van der Waals surface area contributed by atoms with Crippen LogP contribution in [0, 0.1) is 6.92 Å². The lowest BCUT2D eigenvalue weighted by atomic mass is 10.0. The Kier molecular flexibility index (Phi) is 7.89. The van der Waals surface area contributed by atoms with Gasteiger partial charge in [0.05, 0.1) is 27.9 Å². The maximum absolute atomic E-state index is 13.1. The summed E-state index contributed by atoms with van der Waals surface area (Å²) in [5.41, 5.74) is 0.690. The molecule has 0 heterocycles. The van der Waals surface area contributed by atoms with Crippen LogP contribution in [-0.2, 0) is 10.1 Å². The van der Waals surface area contributed by atoms with Gasteiger partial charge >= 0.3 is 0 Å². The van der Waals surface area contributed by atoms with Crippen molar-refractivity contribution >= 4 is 67.1 Å². The summed E-state index contributed by atoms with van der Waals surface area (Å²) in [4.78, 5) is 12.6. The van der Waals surface area contributed by atoms with Crippen molar-refractivity contribution in [1.82, 2.24) is 0 Å². The summed E-state index contributed by atoms with van der Waals surface area (Å²) in [5, 5.41) is 23.2. The lowest BCUT2D eigenvalue weighted by Crippen LogP contribution is -2.12. The highest BCUT2D eigenvalue weighted by molar-refractivity contribution is 7.86. The minimum absolute atomic E-state index is 0.0148. The fourth-order valence-electron chi connectivity index (χ4n) is 3.71. The summed E-state index contributed by atoms with van der Waals surface area (Å²) in [6.45, 7) is 3.80. The average Bonchev–Trinajstić information content (AvgIpc) is 2.86. The molecule has 0 fully saturated rings. The molecule has 0 bridgehead atoms. The van der Waals surface area contributed by atoms with Gasteiger partial charge in [-0.05, 0) is 61.2 Å². The van der Waals surface area contributed by atoms with Gasteiger partial charge in [0.15, 0.2) is 5.75 Å². The summed E-state index contributed by atoms with van der Waals surface area (Å²) in [6, 6.07) is 15.7. The van der Waals surface area contributed by atoms with Crippen LogP contribution in [0.5, 0.6) is 11.5 Å². The van der Waals surface area contributed by atoms with Gasteiger partial charge in [-0.3, -0.25) is 9.35 Å². The van der Waals surface area contributed by atoms with Gasteiger partial charge in [0.2, 0.25) is 0 Å². The molecule has 4 aromatic carbocycles. The third-order valence-corrected chi connectivity index (χ3v) is 7.27. The molecule has 3 N–H and O–H groups in total. The number of hydrogen-bond donors (Lipinski definition) is 3. The monoisotopic (exact) mass is 573 g/mol. The van der Waals surface area contributed by atoms with Crippen molar-refractivity contribution in [3.63, 3.8) is 0 Å². The first kappa shape index (κ1) is 27.3. The van der Waals surface area contributed by atoms with Crippen LogP contribution in [0.3, 0.4) is 0 Å². The maximum atomic E-state index is 13.1. The Hall–Kier alpha value is -3.70. The van der Waals surface area contributed by atoms with Crippen LogP contribution in [0.25, 0.3) is 10.8 Å². The Morgan fingerprint density at radius 3 is 2.47 bits per heavy atom. The van der Waals surface area contributed by atoms with E-state index in [0.717, 1.165) is 6.07 Å². The molecule has 9 nitrogen and oxygen atoms in total. The summed E-state index contributed by atoms with van der Waals surface area (Å²) in [6.07, 6.45) is 0. The molecular formula is C26H21Cl2N3O6S. The first-order chi connectivity index (χ1) is 18.0. The molecule has 0 radical (unpaired) electrons. The summed E-state index contributed by atoms with van der Waals surface area (Å²) < 4.78 is 38.3. The Labute approximate surface area is 228 Å². The topological polar surface area (TPSA) is 138 Å². The normalized spacial score (nSPS) is 11.7. The third-order valence-electron chi connectivity index (χ3n) is 5.48. The molecule has 0 aromatic heterocycles. The van der Waals surface area contributed by atoms with Gasteiger partial charge in [0, 0.05) is 11.1 Å². The van der Waals surface area contributed by atoms with Crippen molar-refractivity contribution in [3.8, 4) is 11.5 Å². The second-order valence-corrected chi connectivity index (χ2v) is 10.3. The number of azo groups is 1. The number of aryl methyl sites for hydroxylation is 1. The number of ether oxygens (including phenoxy) is 1. The molecule has 0 atom stereocenters. The van der Waals surface area contributed by atoms with E-state index in [9.17, 15) is 22.9 Å². The zero-order valence-corrected chi connectivity index (χ0v) is 22.4. The minimum Gasteiger partial charge on any atom is -0.505 e. The van der Waals surface area contributed by atoms with Crippen molar-refractivity contribution < 1.29 is 27.6 Å².